The molecule has 1 N–H and O–H groups in total. The Balaban J connectivity index is 2.00. The molecule has 0 saturated heterocycles. The molecule has 26 heavy (non-hydrogen) atoms. The number of carbonyl (C=O) groups excluding carboxylic acids is 2. The van der Waals surface area contributed by atoms with Gasteiger partial charge in [0.2, 0.25) is 5.91 Å². The topological polar surface area (TPSA) is 58.6 Å². The van der Waals surface area contributed by atoms with Crippen LogP contribution in [0.5, 0.6) is 5.75 Å². The predicted octanol–water partition coefficient (Wildman–Crippen LogP) is 3.92. The van der Waals surface area contributed by atoms with Crippen molar-refractivity contribution in [1.29, 1.82) is 0 Å². The molecule has 0 atom stereocenters. The van der Waals surface area contributed by atoms with E-state index in [9.17, 15) is 9.59 Å². The third kappa shape index (κ3) is 5.41. The summed E-state index contributed by atoms with van der Waals surface area (Å²) >= 11 is 7.68. The number of likely N-dealkylation sites (N-methyl/N-ethyl adjacent to an activating group) is 1. The molecule has 2 amide bonds. The minimum atomic E-state index is -0.333. The van der Waals surface area contributed by atoms with Gasteiger partial charge in [-0.3, -0.25) is 9.59 Å². The van der Waals surface area contributed by atoms with E-state index >= 15 is 0 Å². The van der Waals surface area contributed by atoms with E-state index in [1.54, 1.807) is 49.1 Å². The molecule has 0 radical (unpaired) electrons. The number of hydrogen-bond donors (Lipinski definition) is 1. The van der Waals surface area contributed by atoms with Crippen molar-refractivity contribution in [3.05, 3.63) is 58.6 Å². The van der Waals surface area contributed by atoms with Crippen molar-refractivity contribution in [1.82, 2.24) is 4.90 Å². The van der Waals surface area contributed by atoms with Crippen molar-refractivity contribution in [2.45, 2.75) is 5.75 Å². The Morgan fingerprint density at radius 1 is 1.19 bits per heavy atom. The molecule has 2 aromatic carbocycles. The molecule has 0 aromatic heterocycles. The predicted molar refractivity (Wildman–Crippen MR) is 107 cm³/mol. The molecule has 5 nitrogen and oxygen atoms in total. The van der Waals surface area contributed by atoms with Gasteiger partial charge in [-0.15, -0.1) is 0 Å². The first-order chi connectivity index (χ1) is 12.4. The van der Waals surface area contributed by atoms with Gasteiger partial charge in [-0.25, -0.2) is 0 Å². The zero-order chi connectivity index (χ0) is 19.1. The lowest BCUT2D eigenvalue weighted by molar-refractivity contribution is -0.116. The molecule has 138 valence electrons. The largest absolute Gasteiger partial charge is 0.495 e. The van der Waals surface area contributed by atoms with Gasteiger partial charge < -0.3 is 15.0 Å². The molecule has 2 rings (SSSR count). The smallest absolute Gasteiger partial charge is 0.254 e. The van der Waals surface area contributed by atoms with Gasteiger partial charge in [0.1, 0.15) is 5.75 Å². The zero-order valence-corrected chi connectivity index (χ0v) is 16.5. The van der Waals surface area contributed by atoms with E-state index in [-0.39, 0.29) is 18.4 Å². The van der Waals surface area contributed by atoms with Gasteiger partial charge >= 0.3 is 0 Å². The van der Waals surface area contributed by atoms with Crippen molar-refractivity contribution < 1.29 is 14.3 Å². The van der Waals surface area contributed by atoms with Crippen LogP contribution in [0.4, 0.5) is 5.69 Å². The Morgan fingerprint density at radius 2 is 1.88 bits per heavy atom. The summed E-state index contributed by atoms with van der Waals surface area (Å²) in [4.78, 5) is 26.1. The second kappa shape index (κ2) is 9.50. The molecule has 0 heterocycles. The Bertz CT molecular complexity index is 781. The zero-order valence-electron chi connectivity index (χ0n) is 14.9. The minimum Gasteiger partial charge on any atom is -0.495 e. The van der Waals surface area contributed by atoms with E-state index in [1.807, 2.05) is 18.4 Å². The number of hydrogen-bond acceptors (Lipinski definition) is 4. The molecule has 0 aliphatic rings. The standard InChI is InChI=1S/C19H21ClN2O3S/c1-22(19(24)14-6-4-13(5-7-14)12-26-3)11-18(23)21-16-10-15(20)8-9-17(16)25-2/h4-10H,11-12H2,1-3H3,(H,21,23). The average molecular weight is 393 g/mol. The van der Waals surface area contributed by atoms with E-state index in [2.05, 4.69) is 5.32 Å². The minimum absolute atomic E-state index is 0.0823. The van der Waals surface area contributed by atoms with Gasteiger partial charge in [-0.05, 0) is 42.2 Å². The maximum absolute atomic E-state index is 12.5. The first-order valence-corrected chi connectivity index (χ1v) is 9.68. The van der Waals surface area contributed by atoms with Crippen LogP contribution in [0.3, 0.4) is 0 Å². The number of nitrogens with zero attached hydrogens (tertiary/aromatic N) is 1. The van der Waals surface area contributed by atoms with Gasteiger partial charge in [-0.1, -0.05) is 23.7 Å². The van der Waals surface area contributed by atoms with Crippen LogP contribution in [-0.4, -0.2) is 43.7 Å². The third-order valence-corrected chi connectivity index (χ3v) is 4.53. The summed E-state index contributed by atoms with van der Waals surface area (Å²) in [5.41, 5.74) is 2.17. The highest BCUT2D eigenvalue weighted by Crippen LogP contribution is 2.27. The van der Waals surface area contributed by atoms with Crippen LogP contribution in [0.2, 0.25) is 5.02 Å². The molecular weight excluding hydrogens is 372 g/mol. The summed E-state index contributed by atoms with van der Waals surface area (Å²) in [5.74, 6) is 0.851. The van der Waals surface area contributed by atoms with Crippen LogP contribution in [0.1, 0.15) is 15.9 Å². The normalized spacial score (nSPS) is 10.3. The lowest BCUT2D eigenvalue weighted by Gasteiger charge is -2.18. The summed E-state index contributed by atoms with van der Waals surface area (Å²) in [7, 11) is 3.10. The lowest BCUT2D eigenvalue weighted by Crippen LogP contribution is -2.35. The van der Waals surface area contributed by atoms with E-state index < -0.39 is 0 Å². The second-order valence-corrected chi connectivity index (χ2v) is 6.99. The van der Waals surface area contributed by atoms with Crippen LogP contribution < -0.4 is 10.1 Å². The monoisotopic (exact) mass is 392 g/mol. The van der Waals surface area contributed by atoms with Gasteiger partial charge in [0, 0.05) is 23.4 Å². The molecule has 0 aliphatic carbocycles. The summed E-state index contributed by atoms with van der Waals surface area (Å²) in [6.45, 7) is -0.0823. The summed E-state index contributed by atoms with van der Waals surface area (Å²) < 4.78 is 5.20. The number of methoxy groups -OCH3 is 1. The molecular formula is C19H21ClN2O3S. The Kier molecular flexibility index (Phi) is 7.36. The average Bonchev–Trinajstić information content (AvgIpc) is 2.62. The summed E-state index contributed by atoms with van der Waals surface area (Å²) in [5, 5.41) is 3.20. The number of carbonyl (C=O) groups is 2. The molecule has 0 bridgehead atoms. The molecule has 7 heteroatoms. The second-order valence-electron chi connectivity index (χ2n) is 5.68. The van der Waals surface area contributed by atoms with Crippen LogP contribution in [0.15, 0.2) is 42.5 Å². The van der Waals surface area contributed by atoms with E-state index in [1.165, 1.54) is 12.0 Å². The van der Waals surface area contributed by atoms with Crippen LogP contribution in [0, 0.1) is 0 Å². The van der Waals surface area contributed by atoms with Gasteiger partial charge in [0.25, 0.3) is 5.91 Å². The summed E-state index contributed by atoms with van der Waals surface area (Å²) in [6, 6.07) is 12.4. The SMILES string of the molecule is COc1ccc(Cl)cc1NC(=O)CN(C)C(=O)c1ccc(CSC)cc1. The number of halogens is 1. The number of nitrogens with one attached hydrogen (secondary N) is 1. The van der Waals surface area contributed by atoms with Gasteiger partial charge in [0.05, 0.1) is 19.3 Å². The Labute approximate surface area is 162 Å². The number of ether oxygens (including phenoxy) is 1. The number of amides is 2. The third-order valence-electron chi connectivity index (χ3n) is 3.67. The quantitative estimate of drug-likeness (QED) is 0.775. The van der Waals surface area contributed by atoms with Crippen LogP contribution >= 0.6 is 23.4 Å². The highest BCUT2D eigenvalue weighted by atomic mass is 35.5. The fourth-order valence-corrected chi connectivity index (χ4v) is 3.08. The number of anilines is 1. The molecule has 0 saturated carbocycles. The van der Waals surface area contributed by atoms with Crippen LogP contribution in [-0.2, 0) is 10.5 Å². The van der Waals surface area contributed by atoms with Crippen molar-refractivity contribution >= 4 is 40.9 Å². The van der Waals surface area contributed by atoms with Gasteiger partial charge in [-0.2, -0.15) is 11.8 Å². The van der Waals surface area contributed by atoms with Crippen molar-refractivity contribution in [3.8, 4) is 5.75 Å². The van der Waals surface area contributed by atoms with Gasteiger partial charge in [0.15, 0.2) is 0 Å². The van der Waals surface area contributed by atoms with Crippen molar-refractivity contribution in [3.63, 3.8) is 0 Å². The highest BCUT2D eigenvalue weighted by molar-refractivity contribution is 7.97. The van der Waals surface area contributed by atoms with Crippen molar-refractivity contribution in [2.75, 3.05) is 32.3 Å². The van der Waals surface area contributed by atoms with Crippen LogP contribution in [0.25, 0.3) is 0 Å². The maximum atomic E-state index is 12.5. The Hall–Kier alpha value is -2.18. The fourth-order valence-electron chi connectivity index (χ4n) is 2.39. The van der Waals surface area contributed by atoms with E-state index in [4.69, 9.17) is 16.3 Å². The molecule has 2 aromatic rings. The number of thioether (sulfide) groups is 1. The van der Waals surface area contributed by atoms with E-state index in [0.29, 0.717) is 22.0 Å². The molecule has 0 spiro atoms. The number of rotatable bonds is 7. The fraction of sp³-hybridized carbons (Fsp3) is 0.263. The first kappa shape index (κ1) is 20.1. The Morgan fingerprint density at radius 3 is 2.50 bits per heavy atom. The molecule has 0 fully saturated rings. The van der Waals surface area contributed by atoms with Crippen molar-refractivity contribution in [2.24, 2.45) is 0 Å². The summed E-state index contributed by atoms with van der Waals surface area (Å²) in [6.07, 6.45) is 2.03. The molecule has 0 unspecified atom stereocenters. The molecule has 0 aliphatic heterocycles. The number of benzene rings is 2. The highest BCUT2D eigenvalue weighted by Gasteiger charge is 2.16. The maximum Gasteiger partial charge on any atom is 0.254 e. The van der Waals surface area contributed by atoms with E-state index in [0.717, 1.165) is 11.3 Å². The lowest BCUT2D eigenvalue weighted by atomic mass is 10.1. The first-order valence-electron chi connectivity index (χ1n) is 7.91.